The van der Waals surface area contributed by atoms with Gasteiger partial charge in [0.2, 0.25) is 0 Å². The van der Waals surface area contributed by atoms with E-state index in [-0.39, 0.29) is 30.4 Å². The number of rotatable bonds is 8. The number of fused-ring (bicyclic) bond motifs is 1. The van der Waals surface area contributed by atoms with Crippen molar-refractivity contribution in [3.8, 4) is 0 Å². The van der Waals surface area contributed by atoms with Crippen LogP contribution < -0.4 is 5.32 Å². The van der Waals surface area contributed by atoms with Crippen molar-refractivity contribution in [1.82, 2.24) is 14.9 Å². The van der Waals surface area contributed by atoms with E-state index in [1.54, 1.807) is 0 Å². The first kappa shape index (κ1) is 32.3. The summed E-state index contributed by atoms with van der Waals surface area (Å²) in [5, 5.41) is 24.5. The largest absolute Gasteiger partial charge is 0.392 e. The number of aliphatic hydroxyl groups is 2. The molecule has 3 unspecified atom stereocenters. The molecule has 7 rings (SSSR count). The molecule has 2 aliphatic rings. The van der Waals surface area contributed by atoms with E-state index in [4.69, 9.17) is 21.1 Å². The van der Waals surface area contributed by atoms with Gasteiger partial charge in [-0.2, -0.15) is 0 Å². The molecule has 246 valence electrons. The first-order valence-electron chi connectivity index (χ1n) is 16.2. The number of anilines is 1. The number of carbonyl (C=O) groups is 1. The topological polar surface area (TPSA) is 117 Å². The molecule has 3 atom stereocenters. The van der Waals surface area contributed by atoms with Crippen LogP contribution in [0, 0.1) is 0 Å². The lowest BCUT2D eigenvalue weighted by Crippen LogP contribution is -2.46. The molecule has 0 spiro atoms. The Hall–Kier alpha value is -4.22. The summed E-state index contributed by atoms with van der Waals surface area (Å²) in [6, 6.07) is 30.2. The molecule has 10 heteroatoms. The molecule has 48 heavy (non-hydrogen) atoms. The van der Waals surface area contributed by atoms with Crippen LogP contribution >= 0.6 is 11.6 Å². The number of nitrogens with zero attached hydrogens (tertiary/aromatic N) is 3. The van der Waals surface area contributed by atoms with Crippen LogP contribution in [0.3, 0.4) is 0 Å². The third-order valence-corrected chi connectivity index (χ3v) is 9.52. The highest BCUT2D eigenvalue weighted by atomic mass is 35.5. The maximum atomic E-state index is 13.0. The average Bonchev–Trinajstić information content (AvgIpc) is 3.13. The van der Waals surface area contributed by atoms with Gasteiger partial charge in [-0.15, -0.1) is 0 Å². The molecule has 0 bridgehead atoms. The fourth-order valence-corrected chi connectivity index (χ4v) is 6.59. The number of halogens is 1. The lowest BCUT2D eigenvalue weighted by Gasteiger charge is -2.42. The molecule has 2 fully saturated rings. The SMILES string of the molecule is O=C(Nc1ccc(C2OC(CN3CCC(O)(c4ccc(Cl)cc4)CC3)CC(c3ccc(CO)cc3)O2)cc1)c1cnc2ccccc2n1. The Morgan fingerprint density at radius 3 is 2.29 bits per heavy atom. The summed E-state index contributed by atoms with van der Waals surface area (Å²) in [6.45, 7) is 2.14. The molecule has 1 aromatic heterocycles. The van der Waals surface area contributed by atoms with E-state index in [1.807, 2.05) is 97.1 Å². The van der Waals surface area contributed by atoms with Gasteiger partial charge in [-0.05, 0) is 65.9 Å². The lowest BCUT2D eigenvalue weighted by atomic mass is 9.84. The van der Waals surface area contributed by atoms with Crippen molar-refractivity contribution in [2.24, 2.45) is 0 Å². The number of benzene rings is 4. The van der Waals surface area contributed by atoms with Crippen LogP contribution in [0.5, 0.6) is 0 Å². The molecule has 4 aromatic carbocycles. The Bertz CT molecular complexity index is 1860. The van der Waals surface area contributed by atoms with Crippen LogP contribution in [0.2, 0.25) is 5.02 Å². The molecule has 3 N–H and O–H groups in total. The maximum Gasteiger partial charge on any atom is 0.275 e. The quantitative estimate of drug-likeness (QED) is 0.171. The van der Waals surface area contributed by atoms with E-state index < -0.39 is 11.9 Å². The summed E-state index contributed by atoms with van der Waals surface area (Å²) in [5.41, 5.74) is 4.93. The number of aliphatic hydroxyl groups excluding tert-OH is 1. The number of likely N-dealkylation sites (tertiary alicyclic amines) is 1. The van der Waals surface area contributed by atoms with Crippen LogP contribution in [-0.4, -0.2) is 56.7 Å². The van der Waals surface area contributed by atoms with Crippen molar-refractivity contribution in [3.63, 3.8) is 0 Å². The van der Waals surface area contributed by atoms with Gasteiger partial charge in [0.15, 0.2) is 6.29 Å². The molecule has 2 saturated heterocycles. The predicted molar refractivity (Wildman–Crippen MR) is 183 cm³/mol. The monoisotopic (exact) mass is 664 g/mol. The Morgan fingerprint density at radius 1 is 0.896 bits per heavy atom. The van der Waals surface area contributed by atoms with Crippen LogP contribution in [0.1, 0.15) is 64.4 Å². The number of nitrogens with one attached hydrogen (secondary N) is 1. The second kappa shape index (κ2) is 14.1. The molecular formula is C38H37ClN4O5. The van der Waals surface area contributed by atoms with Gasteiger partial charge in [-0.25, -0.2) is 4.98 Å². The third kappa shape index (κ3) is 7.27. The fraction of sp³-hybridized carbons (Fsp3) is 0.289. The number of para-hydroxylation sites is 2. The van der Waals surface area contributed by atoms with E-state index in [2.05, 4.69) is 20.2 Å². The van der Waals surface area contributed by atoms with Crippen LogP contribution in [0.25, 0.3) is 11.0 Å². The zero-order valence-electron chi connectivity index (χ0n) is 26.3. The summed E-state index contributed by atoms with van der Waals surface area (Å²) in [7, 11) is 0. The molecule has 0 radical (unpaired) electrons. The number of hydrogen-bond donors (Lipinski definition) is 3. The maximum absolute atomic E-state index is 13.0. The standard InChI is InChI=1S/C38H37ClN4O5/c39-29-13-11-28(12-14-29)38(46)17-19-43(20-18-38)23-31-21-35(26-7-5-25(24-44)6-8-26)48-37(47-31)27-9-15-30(16-10-27)41-36(45)34-22-40-32-3-1-2-4-33(32)42-34/h1-16,22,31,35,37,44,46H,17-21,23-24H2,(H,41,45). The normalized spacial score (nSPS) is 21.2. The van der Waals surface area contributed by atoms with Crippen molar-refractivity contribution >= 4 is 34.2 Å². The van der Waals surface area contributed by atoms with Gasteiger partial charge in [0.1, 0.15) is 5.69 Å². The Kier molecular flexibility index (Phi) is 9.50. The van der Waals surface area contributed by atoms with Gasteiger partial charge >= 0.3 is 0 Å². The first-order chi connectivity index (χ1) is 23.3. The fourth-order valence-electron chi connectivity index (χ4n) is 6.46. The second-order valence-electron chi connectivity index (χ2n) is 12.5. The summed E-state index contributed by atoms with van der Waals surface area (Å²) in [4.78, 5) is 24.1. The van der Waals surface area contributed by atoms with Crippen molar-refractivity contribution < 1.29 is 24.5 Å². The Balaban J connectivity index is 1.04. The van der Waals surface area contributed by atoms with Gasteiger partial charge in [-0.1, -0.05) is 72.3 Å². The highest BCUT2D eigenvalue weighted by Crippen LogP contribution is 2.39. The summed E-state index contributed by atoms with van der Waals surface area (Å²) < 4.78 is 13.1. The summed E-state index contributed by atoms with van der Waals surface area (Å²) in [5.74, 6) is -0.345. The average molecular weight is 665 g/mol. The summed E-state index contributed by atoms with van der Waals surface area (Å²) in [6.07, 6.45) is 2.40. The zero-order chi connectivity index (χ0) is 33.1. The van der Waals surface area contributed by atoms with E-state index >= 15 is 0 Å². The van der Waals surface area contributed by atoms with Crippen molar-refractivity contribution in [3.05, 3.63) is 136 Å². The van der Waals surface area contributed by atoms with E-state index in [9.17, 15) is 15.0 Å². The number of carbonyl (C=O) groups excluding carboxylic acids is 1. The molecule has 2 aliphatic heterocycles. The van der Waals surface area contributed by atoms with Gasteiger partial charge in [0.05, 0.1) is 41.6 Å². The molecule has 0 aliphatic carbocycles. The number of aromatic nitrogens is 2. The third-order valence-electron chi connectivity index (χ3n) is 9.26. The van der Waals surface area contributed by atoms with Crippen LogP contribution in [0.15, 0.2) is 103 Å². The molecule has 1 amide bonds. The van der Waals surface area contributed by atoms with Crippen LogP contribution in [-0.2, 0) is 21.7 Å². The minimum absolute atomic E-state index is 0.0200. The van der Waals surface area contributed by atoms with Gasteiger partial charge in [-0.3, -0.25) is 9.78 Å². The smallest absolute Gasteiger partial charge is 0.275 e. The molecule has 5 aromatic rings. The van der Waals surface area contributed by atoms with Crippen molar-refractivity contribution in [2.75, 3.05) is 25.0 Å². The molecule has 0 saturated carbocycles. The van der Waals surface area contributed by atoms with Gasteiger partial charge in [0, 0.05) is 42.3 Å². The minimum atomic E-state index is -0.880. The Labute approximate surface area is 284 Å². The van der Waals surface area contributed by atoms with Crippen molar-refractivity contribution in [2.45, 2.75) is 50.0 Å². The Morgan fingerprint density at radius 2 is 1.58 bits per heavy atom. The highest BCUT2D eigenvalue weighted by Gasteiger charge is 2.37. The summed E-state index contributed by atoms with van der Waals surface area (Å²) >= 11 is 6.08. The number of piperidine rings is 1. The lowest BCUT2D eigenvalue weighted by molar-refractivity contribution is -0.253. The molecule has 3 heterocycles. The highest BCUT2D eigenvalue weighted by molar-refractivity contribution is 6.30. The van der Waals surface area contributed by atoms with Crippen LogP contribution in [0.4, 0.5) is 5.69 Å². The first-order valence-corrected chi connectivity index (χ1v) is 16.6. The number of ether oxygens (including phenoxy) is 2. The minimum Gasteiger partial charge on any atom is -0.392 e. The van der Waals surface area contributed by atoms with Crippen molar-refractivity contribution in [1.29, 1.82) is 0 Å². The molecule has 9 nitrogen and oxygen atoms in total. The predicted octanol–water partition coefficient (Wildman–Crippen LogP) is 6.56. The second-order valence-corrected chi connectivity index (χ2v) is 12.9. The zero-order valence-corrected chi connectivity index (χ0v) is 27.1. The van der Waals surface area contributed by atoms with Gasteiger partial charge < -0.3 is 29.9 Å². The van der Waals surface area contributed by atoms with E-state index in [0.29, 0.717) is 42.0 Å². The van der Waals surface area contributed by atoms with E-state index in [1.165, 1.54) is 6.20 Å². The van der Waals surface area contributed by atoms with Gasteiger partial charge in [0.25, 0.3) is 5.91 Å². The number of amides is 1. The number of hydrogen-bond acceptors (Lipinski definition) is 8. The van der Waals surface area contributed by atoms with E-state index in [0.717, 1.165) is 40.9 Å². The molecular weight excluding hydrogens is 628 g/mol.